The first kappa shape index (κ1) is 24.7. The quantitative estimate of drug-likeness (QED) is 0.140. The van der Waals surface area contributed by atoms with Crippen molar-refractivity contribution in [3.05, 3.63) is 28.4 Å². The molecule has 0 bridgehead atoms. The lowest BCUT2D eigenvalue weighted by molar-refractivity contribution is -0.385. The fraction of sp³-hybridized carbons (Fsp3) is 0.600. The molecule has 15 heteroatoms. The van der Waals surface area contributed by atoms with Crippen LogP contribution in [0.25, 0.3) is 0 Å². The van der Waals surface area contributed by atoms with Crippen LogP contribution in [0.2, 0.25) is 0 Å². The molecule has 10 N–H and O–H groups in total. The summed E-state index contributed by atoms with van der Waals surface area (Å²) in [5.41, 5.74) is 24.7. The lowest BCUT2D eigenvalue weighted by Gasteiger charge is -2.37. The molecule has 4 rings (SSSR count). The molecule has 2 aliphatic rings. The summed E-state index contributed by atoms with van der Waals surface area (Å²) >= 11 is 0. The molecule has 4 atom stereocenters. The van der Waals surface area contributed by atoms with Gasteiger partial charge < -0.3 is 43.4 Å². The van der Waals surface area contributed by atoms with Gasteiger partial charge in [-0.3, -0.25) is 10.1 Å². The average Bonchev–Trinajstić information content (AvgIpc) is 2.81. The minimum Gasteiger partial charge on any atom is -0.368 e. The number of aromatic nitrogens is 4. The molecule has 4 heterocycles. The van der Waals surface area contributed by atoms with Gasteiger partial charge in [0.2, 0.25) is 17.8 Å². The first-order valence-corrected chi connectivity index (χ1v) is 11.6. The second kappa shape index (κ2) is 10.9. The normalized spacial score (nSPS) is 24.8. The molecule has 2 saturated heterocycles. The number of rotatable bonds is 8. The SMILES string of the molecule is N[C@@H]1C[C@H](N)CN(c2nc(NCCNc3ccc([N+](=O)[O-])cn3)nc(N3C[C@H](N)C[C@H](N)C3)n2)C1. The van der Waals surface area contributed by atoms with E-state index < -0.39 is 4.92 Å². The van der Waals surface area contributed by atoms with E-state index in [0.717, 1.165) is 12.8 Å². The van der Waals surface area contributed by atoms with Gasteiger partial charge in [-0.15, -0.1) is 0 Å². The molecule has 0 aromatic carbocycles. The Morgan fingerprint density at radius 2 is 1.37 bits per heavy atom. The van der Waals surface area contributed by atoms with Crippen molar-refractivity contribution in [2.45, 2.75) is 37.0 Å². The van der Waals surface area contributed by atoms with E-state index in [2.05, 4.69) is 25.6 Å². The maximum atomic E-state index is 10.8. The van der Waals surface area contributed by atoms with Crippen molar-refractivity contribution in [2.24, 2.45) is 22.9 Å². The summed E-state index contributed by atoms with van der Waals surface area (Å²) in [5.74, 6) is 1.94. The largest absolute Gasteiger partial charge is 0.368 e. The van der Waals surface area contributed by atoms with Crippen LogP contribution in [-0.4, -0.2) is 88.3 Å². The third-order valence-corrected chi connectivity index (χ3v) is 5.88. The van der Waals surface area contributed by atoms with Crippen LogP contribution < -0.4 is 43.4 Å². The van der Waals surface area contributed by atoms with Gasteiger partial charge in [0.05, 0.1) is 4.92 Å². The molecule has 0 amide bonds. The van der Waals surface area contributed by atoms with E-state index in [-0.39, 0.29) is 29.9 Å². The molecule has 0 saturated carbocycles. The van der Waals surface area contributed by atoms with Gasteiger partial charge in [-0.2, -0.15) is 15.0 Å². The van der Waals surface area contributed by atoms with Crippen molar-refractivity contribution in [3.63, 3.8) is 0 Å². The summed E-state index contributed by atoms with van der Waals surface area (Å²) in [6.07, 6.45) is 2.71. The molecule has 0 radical (unpaired) electrons. The van der Waals surface area contributed by atoms with Crippen LogP contribution in [0.5, 0.6) is 0 Å². The van der Waals surface area contributed by atoms with Gasteiger partial charge in [0.25, 0.3) is 5.69 Å². The highest BCUT2D eigenvalue weighted by atomic mass is 16.6. The fourth-order valence-electron chi connectivity index (χ4n) is 4.36. The number of hydrogen-bond acceptors (Lipinski definition) is 14. The molecular weight excluding hydrogens is 454 g/mol. The number of pyridine rings is 1. The smallest absolute Gasteiger partial charge is 0.287 e. The summed E-state index contributed by atoms with van der Waals surface area (Å²) in [7, 11) is 0. The van der Waals surface area contributed by atoms with E-state index in [1.54, 1.807) is 6.07 Å². The van der Waals surface area contributed by atoms with Crippen LogP contribution in [0.4, 0.5) is 29.4 Å². The van der Waals surface area contributed by atoms with Crippen molar-refractivity contribution in [2.75, 3.05) is 59.7 Å². The van der Waals surface area contributed by atoms with E-state index in [4.69, 9.17) is 27.9 Å². The monoisotopic (exact) mass is 487 g/mol. The molecular formula is C20H33N13O2. The number of piperidine rings is 2. The minimum atomic E-state index is -0.488. The number of hydrogen-bond donors (Lipinski definition) is 6. The second-order valence-corrected chi connectivity index (χ2v) is 9.09. The van der Waals surface area contributed by atoms with Crippen molar-refractivity contribution in [1.29, 1.82) is 0 Å². The highest BCUT2D eigenvalue weighted by Crippen LogP contribution is 2.22. The molecule has 35 heavy (non-hydrogen) atoms. The Kier molecular flexibility index (Phi) is 7.70. The van der Waals surface area contributed by atoms with Gasteiger partial charge in [0.15, 0.2) is 0 Å². The second-order valence-electron chi connectivity index (χ2n) is 9.09. The number of nitrogens with two attached hydrogens (primary N) is 4. The van der Waals surface area contributed by atoms with Gasteiger partial charge in [-0.05, 0) is 18.9 Å². The van der Waals surface area contributed by atoms with E-state index in [1.807, 2.05) is 9.80 Å². The predicted octanol–water partition coefficient (Wildman–Crippen LogP) is -1.57. The number of nitro groups is 1. The lowest BCUT2D eigenvalue weighted by Crippen LogP contribution is -2.54. The van der Waals surface area contributed by atoms with Gasteiger partial charge >= 0.3 is 0 Å². The topological polar surface area (TPSA) is 229 Å². The first-order chi connectivity index (χ1) is 16.8. The standard InChI is InChI=1S/C20H33N13O2/c21-12-5-13(22)9-31(8-12)19-28-18(29-20(30-19)32-10-14(23)6-15(24)11-32)26-4-3-25-17-2-1-16(7-27-17)33(34)35/h1-2,7,12-15H,3-6,8-11,21-24H2,(H,25,27)(H,26,28,29,30)/t12-,13+,14-,15+. The predicted molar refractivity (Wildman–Crippen MR) is 133 cm³/mol. The molecule has 190 valence electrons. The zero-order valence-corrected chi connectivity index (χ0v) is 19.5. The van der Waals surface area contributed by atoms with Crippen LogP contribution in [-0.2, 0) is 0 Å². The summed E-state index contributed by atoms with van der Waals surface area (Å²) in [6.45, 7) is 3.36. The third kappa shape index (κ3) is 6.60. The molecule has 2 aliphatic heterocycles. The molecule has 0 spiro atoms. The summed E-state index contributed by atoms with van der Waals surface area (Å²) in [6, 6.07) is 2.70. The summed E-state index contributed by atoms with van der Waals surface area (Å²) in [5, 5.41) is 17.1. The van der Waals surface area contributed by atoms with Crippen LogP contribution >= 0.6 is 0 Å². The highest BCUT2D eigenvalue weighted by Gasteiger charge is 2.28. The number of nitrogens with one attached hydrogen (secondary N) is 2. The van der Waals surface area contributed by atoms with E-state index in [9.17, 15) is 10.1 Å². The Morgan fingerprint density at radius 1 is 0.857 bits per heavy atom. The molecule has 2 aromatic rings. The van der Waals surface area contributed by atoms with Crippen LogP contribution in [0.15, 0.2) is 18.3 Å². The number of anilines is 4. The Labute approximate surface area is 202 Å². The average molecular weight is 488 g/mol. The zero-order chi connectivity index (χ0) is 24.9. The first-order valence-electron chi connectivity index (χ1n) is 11.6. The zero-order valence-electron chi connectivity index (χ0n) is 19.5. The fourth-order valence-corrected chi connectivity index (χ4v) is 4.36. The van der Waals surface area contributed by atoms with Crippen molar-refractivity contribution in [3.8, 4) is 0 Å². The maximum Gasteiger partial charge on any atom is 0.287 e. The van der Waals surface area contributed by atoms with Gasteiger partial charge in [-0.1, -0.05) is 0 Å². The van der Waals surface area contributed by atoms with Crippen molar-refractivity contribution in [1.82, 2.24) is 19.9 Å². The molecule has 0 aliphatic carbocycles. The minimum absolute atomic E-state index is 0.0618. The van der Waals surface area contributed by atoms with Crippen LogP contribution in [0.1, 0.15) is 12.8 Å². The van der Waals surface area contributed by atoms with Crippen LogP contribution in [0, 0.1) is 10.1 Å². The maximum absolute atomic E-state index is 10.8. The van der Waals surface area contributed by atoms with E-state index >= 15 is 0 Å². The number of nitrogens with zero attached hydrogens (tertiary/aromatic N) is 7. The van der Waals surface area contributed by atoms with E-state index in [1.165, 1.54) is 12.3 Å². The Hall–Kier alpha value is -3.40. The third-order valence-electron chi connectivity index (χ3n) is 5.88. The Morgan fingerprint density at radius 3 is 1.83 bits per heavy atom. The molecule has 0 unspecified atom stereocenters. The highest BCUT2D eigenvalue weighted by molar-refractivity contribution is 5.47. The summed E-state index contributed by atoms with van der Waals surface area (Å²) in [4.78, 5) is 32.2. The molecule has 15 nitrogen and oxygen atoms in total. The Balaban J connectivity index is 1.46. The van der Waals surface area contributed by atoms with Crippen molar-refractivity contribution >= 4 is 29.4 Å². The van der Waals surface area contributed by atoms with E-state index in [0.29, 0.717) is 62.9 Å². The van der Waals surface area contributed by atoms with Gasteiger partial charge in [-0.25, -0.2) is 4.98 Å². The van der Waals surface area contributed by atoms with Crippen molar-refractivity contribution < 1.29 is 4.92 Å². The molecule has 2 aromatic heterocycles. The van der Waals surface area contributed by atoms with Gasteiger partial charge in [0.1, 0.15) is 12.0 Å². The Bertz CT molecular complexity index is 943. The van der Waals surface area contributed by atoms with Crippen LogP contribution in [0.3, 0.4) is 0 Å². The summed E-state index contributed by atoms with van der Waals surface area (Å²) < 4.78 is 0. The molecule has 2 fully saturated rings. The lowest BCUT2D eigenvalue weighted by atomic mass is 10.0. The van der Waals surface area contributed by atoms with Gasteiger partial charge in [0, 0.05) is 69.5 Å².